The van der Waals surface area contributed by atoms with Crippen LogP contribution in [0, 0.1) is 0 Å². The minimum Gasteiger partial charge on any atom is -0.394 e. The molecule has 0 aliphatic heterocycles. The van der Waals surface area contributed by atoms with Gasteiger partial charge in [-0.05, 0) is 0 Å². The van der Waals surface area contributed by atoms with Crippen LogP contribution in [0.1, 0.15) is 6.42 Å². The number of nitrogens with two attached hydrogens (primary N) is 1. The SMILES string of the molecule is COCC(CO)NC(=O)CCN. The van der Waals surface area contributed by atoms with Crippen LogP contribution in [0.25, 0.3) is 0 Å². The van der Waals surface area contributed by atoms with E-state index in [0.717, 1.165) is 0 Å². The maximum absolute atomic E-state index is 10.9. The van der Waals surface area contributed by atoms with Crippen LogP contribution in [0.2, 0.25) is 0 Å². The third kappa shape index (κ3) is 5.06. The highest BCUT2D eigenvalue weighted by molar-refractivity contribution is 5.76. The van der Waals surface area contributed by atoms with E-state index in [1.54, 1.807) is 0 Å². The minimum atomic E-state index is -0.325. The third-order valence-corrected chi connectivity index (χ3v) is 1.32. The fourth-order valence-corrected chi connectivity index (χ4v) is 0.772. The maximum atomic E-state index is 10.9. The highest BCUT2D eigenvalue weighted by Gasteiger charge is 2.09. The van der Waals surface area contributed by atoms with Gasteiger partial charge in [-0.2, -0.15) is 0 Å². The number of aliphatic hydroxyl groups excluding tert-OH is 1. The summed E-state index contributed by atoms with van der Waals surface area (Å²) < 4.78 is 4.77. The van der Waals surface area contributed by atoms with Crippen molar-refractivity contribution in [3.63, 3.8) is 0 Å². The van der Waals surface area contributed by atoms with Crippen LogP contribution in [-0.4, -0.2) is 43.9 Å². The topological polar surface area (TPSA) is 84.6 Å². The Labute approximate surface area is 71.9 Å². The smallest absolute Gasteiger partial charge is 0.221 e. The molecule has 0 aliphatic rings. The molecular weight excluding hydrogens is 160 g/mol. The van der Waals surface area contributed by atoms with E-state index >= 15 is 0 Å². The lowest BCUT2D eigenvalue weighted by atomic mass is 10.3. The highest BCUT2D eigenvalue weighted by atomic mass is 16.5. The van der Waals surface area contributed by atoms with Gasteiger partial charge in [0, 0.05) is 20.1 Å². The molecule has 1 atom stereocenters. The van der Waals surface area contributed by atoms with Gasteiger partial charge in [-0.15, -0.1) is 0 Å². The number of methoxy groups -OCH3 is 1. The molecule has 0 saturated heterocycles. The van der Waals surface area contributed by atoms with Gasteiger partial charge in [0.25, 0.3) is 0 Å². The molecule has 5 nitrogen and oxygen atoms in total. The van der Waals surface area contributed by atoms with Crippen molar-refractivity contribution < 1.29 is 14.6 Å². The van der Waals surface area contributed by atoms with E-state index in [9.17, 15) is 4.79 Å². The predicted octanol–water partition coefficient (Wildman–Crippen LogP) is -1.54. The average Bonchev–Trinajstić information content (AvgIpc) is 2.04. The lowest BCUT2D eigenvalue weighted by molar-refractivity contribution is -0.122. The quantitative estimate of drug-likeness (QED) is 0.458. The first kappa shape index (κ1) is 11.4. The summed E-state index contributed by atoms with van der Waals surface area (Å²) in [6.07, 6.45) is 0.278. The number of rotatable bonds is 6. The van der Waals surface area contributed by atoms with Crippen molar-refractivity contribution in [3.8, 4) is 0 Å². The van der Waals surface area contributed by atoms with Gasteiger partial charge in [-0.25, -0.2) is 0 Å². The van der Waals surface area contributed by atoms with Crippen LogP contribution in [0.3, 0.4) is 0 Å². The fraction of sp³-hybridized carbons (Fsp3) is 0.857. The molecule has 0 aromatic heterocycles. The molecule has 0 fully saturated rings. The molecule has 5 heteroatoms. The van der Waals surface area contributed by atoms with E-state index in [1.165, 1.54) is 7.11 Å². The summed E-state index contributed by atoms with van der Waals surface area (Å²) in [6, 6.07) is -0.325. The summed E-state index contributed by atoms with van der Waals surface area (Å²) in [5.41, 5.74) is 5.17. The number of amides is 1. The van der Waals surface area contributed by atoms with Gasteiger partial charge < -0.3 is 20.9 Å². The van der Waals surface area contributed by atoms with Gasteiger partial charge in [0.1, 0.15) is 0 Å². The van der Waals surface area contributed by atoms with Gasteiger partial charge >= 0.3 is 0 Å². The number of hydrogen-bond donors (Lipinski definition) is 3. The predicted molar refractivity (Wildman–Crippen MR) is 44.6 cm³/mol. The zero-order valence-electron chi connectivity index (χ0n) is 7.25. The Morgan fingerprint density at radius 2 is 2.42 bits per heavy atom. The number of ether oxygens (including phenoxy) is 1. The standard InChI is InChI=1S/C7H16N2O3/c1-12-5-6(4-10)9-7(11)2-3-8/h6,10H,2-5,8H2,1H3,(H,9,11). The van der Waals surface area contributed by atoms with E-state index in [4.69, 9.17) is 15.6 Å². The molecule has 72 valence electrons. The first-order chi connectivity index (χ1) is 5.74. The average molecular weight is 176 g/mol. The summed E-state index contributed by atoms with van der Waals surface area (Å²) in [4.78, 5) is 10.9. The lowest BCUT2D eigenvalue weighted by Gasteiger charge is -2.14. The molecule has 0 rings (SSSR count). The first-order valence-electron chi connectivity index (χ1n) is 3.83. The van der Waals surface area contributed by atoms with Crippen LogP contribution in [0.15, 0.2) is 0 Å². The normalized spacial score (nSPS) is 12.6. The number of aliphatic hydroxyl groups is 1. The van der Waals surface area contributed by atoms with Crippen LogP contribution in [0.5, 0.6) is 0 Å². The second-order valence-corrected chi connectivity index (χ2v) is 2.44. The Bertz CT molecular complexity index is 130. The second-order valence-electron chi connectivity index (χ2n) is 2.44. The van der Waals surface area contributed by atoms with E-state index in [-0.39, 0.29) is 25.0 Å². The number of hydrogen-bond acceptors (Lipinski definition) is 4. The molecule has 0 saturated carbocycles. The highest BCUT2D eigenvalue weighted by Crippen LogP contribution is 1.85. The Balaban J connectivity index is 3.61. The van der Waals surface area contributed by atoms with Gasteiger partial charge in [0.15, 0.2) is 0 Å². The first-order valence-corrected chi connectivity index (χ1v) is 3.83. The molecule has 1 unspecified atom stereocenters. The van der Waals surface area contributed by atoms with E-state index < -0.39 is 0 Å². The number of carbonyl (C=O) groups excluding carboxylic acids is 1. The van der Waals surface area contributed by atoms with E-state index in [2.05, 4.69) is 5.32 Å². The van der Waals surface area contributed by atoms with Crippen LogP contribution < -0.4 is 11.1 Å². The van der Waals surface area contributed by atoms with Crippen molar-refractivity contribution in [2.75, 3.05) is 26.9 Å². The number of carbonyl (C=O) groups is 1. The summed E-state index contributed by atoms with van der Waals surface area (Å²) in [5.74, 6) is -0.159. The Hall–Kier alpha value is -0.650. The van der Waals surface area contributed by atoms with Gasteiger partial charge in [-0.3, -0.25) is 4.79 Å². The number of nitrogens with one attached hydrogen (secondary N) is 1. The maximum Gasteiger partial charge on any atom is 0.221 e. The molecular formula is C7H16N2O3. The molecule has 0 aromatic rings. The molecule has 4 N–H and O–H groups in total. The molecule has 0 aromatic carbocycles. The zero-order valence-corrected chi connectivity index (χ0v) is 7.25. The molecule has 0 spiro atoms. The van der Waals surface area contributed by atoms with Crippen molar-refractivity contribution in [2.24, 2.45) is 5.73 Å². The summed E-state index contributed by atoms with van der Waals surface area (Å²) in [6.45, 7) is 0.508. The van der Waals surface area contributed by atoms with Gasteiger partial charge in [0.2, 0.25) is 5.91 Å². The second kappa shape index (κ2) is 7.02. The van der Waals surface area contributed by atoms with Crippen molar-refractivity contribution in [2.45, 2.75) is 12.5 Å². The molecule has 12 heavy (non-hydrogen) atoms. The Morgan fingerprint density at radius 1 is 1.75 bits per heavy atom. The molecule has 1 amide bonds. The Kier molecular flexibility index (Phi) is 6.64. The molecule has 0 bridgehead atoms. The van der Waals surface area contributed by atoms with Crippen LogP contribution in [-0.2, 0) is 9.53 Å². The minimum absolute atomic E-state index is 0.121. The molecule has 0 heterocycles. The monoisotopic (exact) mass is 176 g/mol. The summed E-state index contributed by atoms with van der Waals surface area (Å²) in [7, 11) is 1.51. The Morgan fingerprint density at radius 3 is 2.83 bits per heavy atom. The van der Waals surface area contributed by atoms with Crippen LogP contribution >= 0.6 is 0 Å². The largest absolute Gasteiger partial charge is 0.394 e. The van der Waals surface area contributed by atoms with E-state index in [0.29, 0.717) is 13.2 Å². The summed E-state index contributed by atoms with van der Waals surface area (Å²) >= 11 is 0. The zero-order chi connectivity index (χ0) is 9.40. The van der Waals surface area contributed by atoms with Crippen molar-refractivity contribution in [1.29, 1.82) is 0 Å². The van der Waals surface area contributed by atoms with Gasteiger partial charge in [-0.1, -0.05) is 0 Å². The van der Waals surface area contributed by atoms with E-state index in [1.807, 2.05) is 0 Å². The van der Waals surface area contributed by atoms with Crippen molar-refractivity contribution in [1.82, 2.24) is 5.32 Å². The molecule has 0 radical (unpaired) electrons. The van der Waals surface area contributed by atoms with Crippen molar-refractivity contribution >= 4 is 5.91 Å². The summed E-state index contributed by atoms with van der Waals surface area (Å²) in [5, 5.41) is 11.3. The van der Waals surface area contributed by atoms with Crippen LogP contribution in [0.4, 0.5) is 0 Å². The lowest BCUT2D eigenvalue weighted by Crippen LogP contribution is -2.41. The van der Waals surface area contributed by atoms with Gasteiger partial charge in [0.05, 0.1) is 19.3 Å². The fourth-order valence-electron chi connectivity index (χ4n) is 0.772. The molecule has 0 aliphatic carbocycles. The third-order valence-electron chi connectivity index (χ3n) is 1.32. The van der Waals surface area contributed by atoms with Crippen molar-refractivity contribution in [3.05, 3.63) is 0 Å².